The number of anilines is 1. The van der Waals surface area contributed by atoms with E-state index in [0.717, 1.165) is 5.56 Å². The minimum absolute atomic E-state index is 0.000907. The van der Waals surface area contributed by atoms with Gasteiger partial charge >= 0.3 is 11.9 Å². The fourth-order valence-electron chi connectivity index (χ4n) is 4.71. The molecule has 0 aliphatic heterocycles. The third-order valence-corrected chi connectivity index (χ3v) is 8.66. The van der Waals surface area contributed by atoms with Gasteiger partial charge in [-0.15, -0.1) is 0 Å². The second kappa shape index (κ2) is 20.9. The number of ether oxygens (including phenoxy) is 3. The van der Waals surface area contributed by atoms with Crippen LogP contribution < -0.4 is 32.6 Å². The van der Waals surface area contributed by atoms with Crippen LogP contribution in [0.25, 0.3) is 22.6 Å². The van der Waals surface area contributed by atoms with Crippen LogP contribution in [0.15, 0.2) is 64.2 Å². The number of hydrogen-bond donors (Lipinski definition) is 5. The van der Waals surface area contributed by atoms with Gasteiger partial charge in [-0.1, -0.05) is 35.5 Å². The summed E-state index contributed by atoms with van der Waals surface area (Å²) in [5.74, 6) is -1.33. The number of benzene rings is 2. The van der Waals surface area contributed by atoms with Crippen LogP contribution in [0.1, 0.15) is 29.7 Å². The average molecular weight is 790 g/mol. The summed E-state index contributed by atoms with van der Waals surface area (Å²) in [4.78, 5) is 56.3. The van der Waals surface area contributed by atoms with E-state index in [2.05, 4.69) is 26.7 Å². The summed E-state index contributed by atoms with van der Waals surface area (Å²) >= 11 is 7.18. The number of rotatable bonds is 19. The Hall–Kier alpha value is -6.18. The summed E-state index contributed by atoms with van der Waals surface area (Å²) < 4.78 is 22.1. The predicted molar refractivity (Wildman–Crippen MR) is 200 cm³/mol. The van der Waals surface area contributed by atoms with Crippen molar-refractivity contribution in [3.63, 3.8) is 0 Å². The van der Waals surface area contributed by atoms with Crippen LogP contribution >= 0.6 is 23.4 Å². The second-order valence-corrected chi connectivity index (χ2v) is 12.7. The molecule has 0 bridgehead atoms. The normalized spacial score (nSPS) is 11.1. The van der Waals surface area contributed by atoms with Crippen molar-refractivity contribution in [3.05, 3.63) is 76.6 Å². The monoisotopic (exact) mass is 789 g/mol. The number of carbonyl (C=O) groups excluding carboxylic acids is 4. The van der Waals surface area contributed by atoms with Gasteiger partial charge in [0.2, 0.25) is 17.7 Å². The van der Waals surface area contributed by atoms with Crippen molar-refractivity contribution in [2.24, 2.45) is 11.5 Å². The number of halogens is 1. The van der Waals surface area contributed by atoms with Crippen LogP contribution in [0.5, 0.6) is 5.75 Å². The first-order valence-electron chi connectivity index (χ1n) is 16.5. The molecule has 0 aliphatic carbocycles. The molecule has 0 spiro atoms. The molecule has 1 atom stereocenters. The number of esters is 2. The van der Waals surface area contributed by atoms with E-state index in [1.54, 1.807) is 48.5 Å². The Labute approximate surface area is 324 Å². The number of oxazole rings is 1. The van der Waals surface area contributed by atoms with Crippen molar-refractivity contribution >= 4 is 52.9 Å². The van der Waals surface area contributed by atoms with E-state index in [1.165, 1.54) is 18.0 Å². The van der Waals surface area contributed by atoms with E-state index in [-0.39, 0.29) is 85.5 Å². The lowest BCUT2D eigenvalue weighted by atomic mass is 9.97. The SMILES string of the molecule is N#Cc1c(N)nc(SCc2coc(-c3ccc(Cl)cc3)n2)c(C#N)c1-c1ccc(OC[C@@H](COC(=O)CCNC(=O)CN)OC(=O)CCNC(=O)CN)cc1. The lowest BCUT2D eigenvalue weighted by Crippen LogP contribution is -2.35. The van der Waals surface area contributed by atoms with Gasteiger partial charge in [0.05, 0.1) is 37.2 Å². The second-order valence-electron chi connectivity index (χ2n) is 11.3. The number of nitriles is 2. The Morgan fingerprint density at radius 1 is 0.855 bits per heavy atom. The van der Waals surface area contributed by atoms with E-state index in [0.29, 0.717) is 27.9 Å². The predicted octanol–water partition coefficient (Wildman–Crippen LogP) is 2.44. The van der Waals surface area contributed by atoms with Gasteiger partial charge in [0, 0.05) is 35.0 Å². The lowest BCUT2D eigenvalue weighted by Gasteiger charge is -2.19. The van der Waals surface area contributed by atoms with E-state index in [9.17, 15) is 29.7 Å². The smallest absolute Gasteiger partial charge is 0.308 e. The van der Waals surface area contributed by atoms with Gasteiger partial charge in [-0.3, -0.25) is 19.2 Å². The number of nitrogens with two attached hydrogens (primary N) is 3. The van der Waals surface area contributed by atoms with Gasteiger partial charge < -0.3 is 46.5 Å². The first kappa shape index (κ1) is 41.6. The summed E-state index contributed by atoms with van der Waals surface area (Å²) in [5.41, 5.74) is 18.9. The Morgan fingerprint density at radius 2 is 1.47 bits per heavy atom. The molecule has 2 amide bonds. The van der Waals surface area contributed by atoms with Crippen molar-refractivity contribution in [2.75, 3.05) is 45.1 Å². The molecule has 17 nitrogen and oxygen atoms in total. The first-order chi connectivity index (χ1) is 26.5. The molecule has 8 N–H and O–H groups in total. The fourth-order valence-corrected chi connectivity index (χ4v) is 5.71. The Morgan fingerprint density at radius 3 is 2.09 bits per heavy atom. The minimum Gasteiger partial charge on any atom is -0.490 e. The third kappa shape index (κ3) is 12.4. The molecule has 4 rings (SSSR count). The van der Waals surface area contributed by atoms with Gasteiger partial charge in [0.15, 0.2) is 6.10 Å². The maximum atomic E-state index is 12.5. The number of hydrogen-bond acceptors (Lipinski definition) is 16. The highest BCUT2D eigenvalue weighted by Gasteiger charge is 2.22. The zero-order chi connectivity index (χ0) is 39.7. The van der Waals surface area contributed by atoms with Gasteiger partial charge in [-0.2, -0.15) is 10.5 Å². The summed E-state index contributed by atoms with van der Waals surface area (Å²) in [5, 5.41) is 26.0. The molecular weight excluding hydrogens is 754 g/mol. The first-order valence-corrected chi connectivity index (χ1v) is 17.9. The van der Waals surface area contributed by atoms with E-state index in [4.69, 9.17) is 47.4 Å². The van der Waals surface area contributed by atoms with Crippen molar-refractivity contribution in [2.45, 2.75) is 29.7 Å². The van der Waals surface area contributed by atoms with Crippen LogP contribution in [0.2, 0.25) is 5.02 Å². The van der Waals surface area contributed by atoms with Crippen LogP contribution in [-0.4, -0.2) is 79.2 Å². The molecule has 0 saturated heterocycles. The highest BCUT2D eigenvalue weighted by atomic mass is 35.5. The number of nitrogens with one attached hydrogen (secondary N) is 2. The number of nitrogen functional groups attached to an aromatic ring is 1. The van der Waals surface area contributed by atoms with Crippen molar-refractivity contribution in [1.82, 2.24) is 20.6 Å². The Bertz CT molecular complexity index is 2070. The number of thioether (sulfide) groups is 1. The zero-order valence-electron chi connectivity index (χ0n) is 29.2. The lowest BCUT2D eigenvalue weighted by molar-refractivity contribution is -0.160. The van der Waals surface area contributed by atoms with Crippen LogP contribution in [0.4, 0.5) is 5.82 Å². The van der Waals surface area contributed by atoms with Gasteiger partial charge in [-0.05, 0) is 42.0 Å². The molecule has 2 heterocycles. The van der Waals surface area contributed by atoms with Crippen LogP contribution in [-0.2, 0) is 34.4 Å². The zero-order valence-corrected chi connectivity index (χ0v) is 30.8. The number of pyridine rings is 1. The number of aromatic nitrogens is 2. The molecule has 0 saturated carbocycles. The Balaban J connectivity index is 1.46. The molecule has 55 heavy (non-hydrogen) atoms. The van der Waals surface area contributed by atoms with Crippen LogP contribution in [0, 0.1) is 22.7 Å². The van der Waals surface area contributed by atoms with Crippen molar-refractivity contribution in [3.8, 4) is 40.5 Å². The maximum Gasteiger partial charge on any atom is 0.308 e. The number of nitrogens with zero attached hydrogens (tertiary/aromatic N) is 4. The van der Waals surface area contributed by atoms with Gasteiger partial charge in [0.25, 0.3) is 0 Å². The molecule has 0 aliphatic rings. The fraction of sp³-hybridized carbons (Fsp3) is 0.278. The minimum atomic E-state index is -1.05. The molecule has 19 heteroatoms. The van der Waals surface area contributed by atoms with E-state index in [1.807, 2.05) is 6.07 Å². The largest absolute Gasteiger partial charge is 0.490 e. The molecule has 2 aromatic carbocycles. The van der Waals surface area contributed by atoms with Crippen molar-refractivity contribution in [1.29, 1.82) is 10.5 Å². The standard InChI is InChI=1S/C36H36ClN9O8S/c37-23-5-1-22(2-6-23)35-45-24(17-53-35)20-55-36-28(14-39)33(27(13-38)34(42)46-36)21-3-7-25(8-4-21)51-18-26(54-32(50)10-12-44-30(48)16-41)19-52-31(49)9-11-43-29(47)15-40/h1-8,17,26H,9-12,15-16,18-20,40-41H2,(H2,42,46)(H,43,47)(H,44,48)/t26-/m0/s1. The third-order valence-electron chi connectivity index (χ3n) is 7.40. The topological polar surface area (TPSA) is 285 Å². The van der Waals surface area contributed by atoms with E-state index >= 15 is 0 Å². The molecule has 286 valence electrons. The summed E-state index contributed by atoms with van der Waals surface area (Å²) in [6.07, 6.45) is 0.110. The molecule has 2 aromatic heterocycles. The molecule has 0 unspecified atom stereocenters. The molecule has 0 fully saturated rings. The highest BCUT2D eigenvalue weighted by Crippen LogP contribution is 2.37. The summed E-state index contributed by atoms with van der Waals surface area (Å²) in [6.45, 7) is -1.10. The van der Waals surface area contributed by atoms with Gasteiger partial charge in [0.1, 0.15) is 53.8 Å². The molecular formula is C36H36ClN9O8S. The quantitative estimate of drug-likeness (QED) is 0.0673. The highest BCUT2D eigenvalue weighted by molar-refractivity contribution is 7.98. The van der Waals surface area contributed by atoms with Crippen molar-refractivity contribution < 1.29 is 37.8 Å². The van der Waals surface area contributed by atoms with Crippen LogP contribution in [0.3, 0.4) is 0 Å². The maximum absolute atomic E-state index is 12.5. The summed E-state index contributed by atoms with van der Waals surface area (Å²) in [7, 11) is 0. The molecule has 0 radical (unpaired) electrons. The Kier molecular flexibility index (Phi) is 15.8. The number of carbonyl (C=O) groups is 4. The average Bonchev–Trinajstić information content (AvgIpc) is 3.67. The van der Waals surface area contributed by atoms with Gasteiger partial charge in [-0.25, -0.2) is 9.97 Å². The number of amides is 2. The molecule has 4 aromatic rings. The van der Waals surface area contributed by atoms with E-state index < -0.39 is 29.9 Å². The summed E-state index contributed by atoms with van der Waals surface area (Å²) in [6, 6.07) is 17.6.